The van der Waals surface area contributed by atoms with Crippen LogP contribution in [0.25, 0.3) is 20.9 Å². The quantitative estimate of drug-likeness (QED) is 0.377. The molecule has 0 saturated carbocycles. The van der Waals surface area contributed by atoms with E-state index < -0.39 is 0 Å². The average Bonchev–Trinajstić information content (AvgIpc) is 3.16. The third-order valence-corrected chi connectivity index (χ3v) is 6.18. The summed E-state index contributed by atoms with van der Waals surface area (Å²) in [6, 6.07) is 11.6. The number of hydrogen-bond donors (Lipinski definition) is 0. The fourth-order valence-corrected chi connectivity index (χ4v) is 5.09. The van der Waals surface area contributed by atoms with Crippen LogP contribution in [0, 0.1) is 0 Å². The van der Waals surface area contributed by atoms with Crippen molar-refractivity contribution in [3.05, 3.63) is 36.4 Å². The zero-order chi connectivity index (χ0) is 23.5. The van der Waals surface area contributed by atoms with Crippen LogP contribution in [0.15, 0.2) is 36.4 Å². The number of hydrogen-bond acceptors (Lipinski definition) is 7. The Morgan fingerprint density at radius 3 is 1.42 bits per heavy atom. The third-order valence-electron chi connectivity index (χ3n) is 4.99. The molecule has 0 fully saturated rings. The molecule has 1 aromatic heterocycles. The van der Waals surface area contributed by atoms with Crippen LogP contribution in [0.4, 0.5) is 0 Å². The summed E-state index contributed by atoms with van der Waals surface area (Å²) in [6.45, 7) is 8.94. The molecular formula is C26H30O6S. The van der Waals surface area contributed by atoms with Crippen molar-refractivity contribution in [3.63, 3.8) is 0 Å². The van der Waals surface area contributed by atoms with E-state index in [-0.39, 0.29) is 12.2 Å². The van der Waals surface area contributed by atoms with Crippen LogP contribution in [0.2, 0.25) is 0 Å². The van der Waals surface area contributed by atoms with Crippen molar-refractivity contribution < 1.29 is 28.4 Å². The van der Waals surface area contributed by atoms with Gasteiger partial charge in [0, 0.05) is 0 Å². The van der Waals surface area contributed by atoms with Gasteiger partial charge in [-0.3, -0.25) is 0 Å². The van der Waals surface area contributed by atoms with Gasteiger partial charge in [0.2, 0.25) is 0 Å². The minimum atomic E-state index is 0.00328. The van der Waals surface area contributed by atoms with Crippen molar-refractivity contribution >= 4 is 11.3 Å². The average molecular weight is 471 g/mol. The molecular weight excluding hydrogens is 440 g/mol. The number of benzene rings is 2. The predicted octanol–water partition coefficient (Wildman–Crippen LogP) is 6.44. The van der Waals surface area contributed by atoms with E-state index in [1.165, 1.54) is 0 Å². The van der Waals surface area contributed by atoms with Crippen LogP contribution in [-0.2, 0) is 0 Å². The second-order valence-electron chi connectivity index (χ2n) is 8.12. The number of methoxy groups -OCH3 is 2. The molecule has 0 bridgehead atoms. The van der Waals surface area contributed by atoms with Crippen LogP contribution in [0.1, 0.15) is 27.7 Å². The Labute approximate surface area is 199 Å². The van der Waals surface area contributed by atoms with Crippen molar-refractivity contribution in [1.82, 2.24) is 0 Å². The summed E-state index contributed by atoms with van der Waals surface area (Å²) in [7, 11) is 3.32. The maximum absolute atomic E-state index is 6.16. The molecule has 0 N–H and O–H groups in total. The van der Waals surface area contributed by atoms with Crippen LogP contribution >= 0.6 is 11.3 Å². The van der Waals surface area contributed by atoms with E-state index in [2.05, 4.69) is 0 Å². The smallest absolute Gasteiger partial charge is 0.180 e. The van der Waals surface area contributed by atoms with Crippen LogP contribution in [0.3, 0.4) is 0 Å². The maximum Gasteiger partial charge on any atom is 0.180 e. The Kier molecular flexibility index (Phi) is 6.88. The summed E-state index contributed by atoms with van der Waals surface area (Å²) in [5.41, 5.74) is 1.68. The van der Waals surface area contributed by atoms with Gasteiger partial charge in [-0.15, -0.1) is 11.3 Å². The van der Waals surface area contributed by atoms with Gasteiger partial charge in [0.15, 0.2) is 11.5 Å². The molecule has 0 saturated heterocycles. The Morgan fingerprint density at radius 1 is 0.667 bits per heavy atom. The minimum Gasteiger partial charge on any atom is -0.496 e. The first-order valence-corrected chi connectivity index (χ1v) is 11.9. The Balaban J connectivity index is 1.99. The van der Waals surface area contributed by atoms with Gasteiger partial charge in [-0.2, -0.15) is 0 Å². The molecule has 3 aromatic rings. The third kappa shape index (κ3) is 4.55. The first-order valence-electron chi connectivity index (χ1n) is 11.0. The molecule has 6 nitrogen and oxygen atoms in total. The molecule has 2 heterocycles. The second-order valence-corrected chi connectivity index (χ2v) is 9.14. The molecule has 7 heteroatoms. The highest BCUT2D eigenvalue weighted by atomic mass is 32.1. The molecule has 1 aliphatic heterocycles. The highest BCUT2D eigenvalue weighted by molar-refractivity contribution is 7.20. The van der Waals surface area contributed by atoms with Gasteiger partial charge < -0.3 is 28.4 Å². The normalized spacial score (nSPS) is 12.7. The summed E-state index contributed by atoms with van der Waals surface area (Å²) >= 11 is 1.55. The molecule has 0 unspecified atom stereocenters. The predicted molar refractivity (Wildman–Crippen MR) is 131 cm³/mol. The maximum atomic E-state index is 6.16. The molecule has 1 aliphatic rings. The van der Waals surface area contributed by atoms with E-state index in [4.69, 9.17) is 28.4 Å². The minimum absolute atomic E-state index is 0.00328. The first-order chi connectivity index (χ1) is 15.9. The summed E-state index contributed by atoms with van der Waals surface area (Å²) in [4.78, 5) is 1.77. The lowest BCUT2D eigenvalue weighted by molar-refractivity contribution is 0.174. The number of ether oxygens (including phenoxy) is 6. The van der Waals surface area contributed by atoms with E-state index in [1.54, 1.807) is 25.6 Å². The molecule has 176 valence electrons. The number of thiophene rings is 1. The van der Waals surface area contributed by atoms with Gasteiger partial charge in [-0.25, -0.2) is 0 Å². The first kappa shape index (κ1) is 23.1. The monoisotopic (exact) mass is 470 g/mol. The lowest BCUT2D eigenvalue weighted by Gasteiger charge is -2.20. The second kappa shape index (κ2) is 9.83. The molecule has 2 aromatic carbocycles. The molecule has 33 heavy (non-hydrogen) atoms. The van der Waals surface area contributed by atoms with E-state index in [1.807, 2.05) is 64.1 Å². The highest BCUT2D eigenvalue weighted by Gasteiger charge is 2.32. The van der Waals surface area contributed by atoms with E-state index in [0.717, 1.165) is 32.4 Å². The van der Waals surface area contributed by atoms with E-state index >= 15 is 0 Å². The molecule has 0 amide bonds. The van der Waals surface area contributed by atoms with Gasteiger partial charge in [0.25, 0.3) is 0 Å². The van der Waals surface area contributed by atoms with Gasteiger partial charge in [0.05, 0.1) is 47.3 Å². The van der Waals surface area contributed by atoms with Crippen molar-refractivity contribution in [2.75, 3.05) is 27.4 Å². The number of rotatable bonds is 8. The van der Waals surface area contributed by atoms with E-state index in [0.29, 0.717) is 36.2 Å². The lowest BCUT2D eigenvalue weighted by atomic mass is 10.1. The topological polar surface area (TPSA) is 55.4 Å². The van der Waals surface area contributed by atoms with Crippen molar-refractivity contribution in [1.29, 1.82) is 0 Å². The van der Waals surface area contributed by atoms with Crippen LogP contribution in [0.5, 0.6) is 34.5 Å². The van der Waals surface area contributed by atoms with Crippen molar-refractivity contribution in [2.45, 2.75) is 39.9 Å². The summed E-state index contributed by atoms with van der Waals surface area (Å²) < 4.78 is 36.1. The Hall–Kier alpha value is -3.06. The van der Waals surface area contributed by atoms with Gasteiger partial charge >= 0.3 is 0 Å². The Bertz CT molecular complexity index is 1030. The standard InChI is InChI=1S/C26H30O6S/c1-15(2)31-19-11-7-9-17(27-5)21(19)25-23-24(30-14-13-29-23)26(33-25)22-18(28-6)10-8-12-20(22)32-16(3)4/h7-12,15-16H,13-14H2,1-6H3. The SMILES string of the molecule is COc1cccc(OC(C)C)c1-c1sc(-c2c(OC)cccc2OC(C)C)c2c1OCCO2. The zero-order valence-corrected chi connectivity index (χ0v) is 20.7. The molecule has 4 rings (SSSR count). The van der Waals surface area contributed by atoms with Crippen molar-refractivity contribution in [3.8, 4) is 55.4 Å². The highest BCUT2D eigenvalue weighted by Crippen LogP contribution is 2.59. The summed E-state index contributed by atoms with van der Waals surface area (Å²) in [5.74, 6) is 4.23. The molecule has 0 aliphatic carbocycles. The largest absolute Gasteiger partial charge is 0.496 e. The van der Waals surface area contributed by atoms with Crippen molar-refractivity contribution in [2.24, 2.45) is 0 Å². The van der Waals surface area contributed by atoms with Crippen LogP contribution < -0.4 is 28.4 Å². The molecule has 0 atom stereocenters. The summed E-state index contributed by atoms with van der Waals surface area (Å²) in [5, 5.41) is 0. The number of fused-ring (bicyclic) bond motifs is 1. The molecule has 0 radical (unpaired) electrons. The zero-order valence-electron chi connectivity index (χ0n) is 19.9. The fraction of sp³-hybridized carbons (Fsp3) is 0.385. The van der Waals surface area contributed by atoms with Crippen LogP contribution in [-0.4, -0.2) is 39.6 Å². The van der Waals surface area contributed by atoms with Gasteiger partial charge in [-0.1, -0.05) is 12.1 Å². The fourth-order valence-electron chi connectivity index (χ4n) is 3.79. The molecule has 0 spiro atoms. The van der Waals surface area contributed by atoms with Gasteiger partial charge in [-0.05, 0) is 52.0 Å². The summed E-state index contributed by atoms with van der Waals surface area (Å²) in [6.07, 6.45) is 0.00657. The lowest BCUT2D eigenvalue weighted by Crippen LogP contribution is -2.15. The van der Waals surface area contributed by atoms with Gasteiger partial charge in [0.1, 0.15) is 36.2 Å². The Morgan fingerprint density at radius 2 is 1.06 bits per heavy atom. The van der Waals surface area contributed by atoms with E-state index in [9.17, 15) is 0 Å².